The molecule has 10 heavy (non-hydrogen) atoms. The molecule has 0 amide bonds. The van der Waals surface area contributed by atoms with Crippen molar-refractivity contribution >= 4 is 11.8 Å². The predicted molar refractivity (Wildman–Crippen MR) is 39.5 cm³/mol. The Labute approximate surface area is 63.4 Å². The van der Waals surface area contributed by atoms with Crippen LogP contribution < -0.4 is 0 Å². The van der Waals surface area contributed by atoms with E-state index in [2.05, 4.69) is 10.2 Å². The van der Waals surface area contributed by atoms with Gasteiger partial charge in [0.15, 0.2) is 0 Å². The molecule has 0 saturated heterocycles. The van der Waals surface area contributed by atoms with E-state index in [-0.39, 0.29) is 0 Å². The lowest BCUT2D eigenvalue weighted by Gasteiger charge is -1.88. The first-order valence-electron chi connectivity index (χ1n) is 2.83. The van der Waals surface area contributed by atoms with Crippen LogP contribution in [-0.2, 0) is 0 Å². The van der Waals surface area contributed by atoms with Gasteiger partial charge < -0.3 is 0 Å². The van der Waals surface area contributed by atoms with E-state index in [0.29, 0.717) is 0 Å². The Hall–Kier alpha value is -0.950. The summed E-state index contributed by atoms with van der Waals surface area (Å²) >= 11 is 1.15. The molecule has 1 rings (SSSR count). The van der Waals surface area contributed by atoms with E-state index >= 15 is 0 Å². The average molecular weight is 153 g/mol. The Balaban J connectivity index is 3.01. The molecule has 1 heterocycles. The van der Waals surface area contributed by atoms with Gasteiger partial charge in [0.1, 0.15) is 5.40 Å². The van der Waals surface area contributed by atoms with Crippen LogP contribution in [0.1, 0.15) is 11.4 Å². The minimum absolute atomic E-state index is 0.893. The molecule has 0 unspecified atom stereocenters. The van der Waals surface area contributed by atoms with Gasteiger partial charge in [0, 0.05) is 5.69 Å². The van der Waals surface area contributed by atoms with Crippen molar-refractivity contribution in [1.82, 2.24) is 10.2 Å². The summed E-state index contributed by atoms with van der Waals surface area (Å²) in [5, 5.41) is 17.1. The van der Waals surface area contributed by atoms with Gasteiger partial charge in [0.2, 0.25) is 0 Å². The molecule has 3 nitrogen and oxygen atoms in total. The van der Waals surface area contributed by atoms with Gasteiger partial charge in [0.05, 0.1) is 10.6 Å². The summed E-state index contributed by atoms with van der Waals surface area (Å²) in [6, 6.07) is 0. The molecule has 0 aliphatic heterocycles. The number of H-pyrrole nitrogens is 1. The molecule has 0 radical (unpaired) electrons. The van der Waals surface area contributed by atoms with Crippen molar-refractivity contribution < 1.29 is 0 Å². The number of rotatable bonds is 1. The molecule has 52 valence electrons. The van der Waals surface area contributed by atoms with E-state index in [9.17, 15) is 0 Å². The molecule has 0 atom stereocenters. The Morgan fingerprint density at radius 1 is 1.60 bits per heavy atom. The number of nitrogens with zero attached hydrogens (tertiary/aromatic N) is 2. The van der Waals surface area contributed by atoms with Gasteiger partial charge in [-0.3, -0.25) is 5.10 Å². The quantitative estimate of drug-likeness (QED) is 0.492. The SMILES string of the molecule is Cc1n[nH]c(C)c1SC#N. The maximum absolute atomic E-state index is 8.36. The van der Waals surface area contributed by atoms with Crippen LogP contribution in [0, 0.1) is 24.5 Å². The smallest absolute Gasteiger partial charge is 0.138 e. The third-order valence-corrected chi connectivity index (χ3v) is 2.11. The largest absolute Gasteiger partial charge is 0.281 e. The summed E-state index contributed by atoms with van der Waals surface area (Å²) in [7, 11) is 0. The highest BCUT2D eigenvalue weighted by molar-refractivity contribution is 8.03. The van der Waals surface area contributed by atoms with E-state index in [1.165, 1.54) is 0 Å². The molecule has 0 aromatic carbocycles. The third-order valence-electron chi connectivity index (χ3n) is 1.21. The fourth-order valence-corrected chi connectivity index (χ4v) is 1.22. The van der Waals surface area contributed by atoms with E-state index in [4.69, 9.17) is 5.26 Å². The highest BCUT2D eigenvalue weighted by Crippen LogP contribution is 2.22. The molecule has 0 fully saturated rings. The van der Waals surface area contributed by atoms with Gasteiger partial charge in [-0.2, -0.15) is 10.4 Å². The molecule has 1 aromatic heterocycles. The van der Waals surface area contributed by atoms with E-state index in [1.54, 1.807) is 0 Å². The number of nitrogens with one attached hydrogen (secondary N) is 1. The van der Waals surface area contributed by atoms with Gasteiger partial charge in [-0.05, 0) is 25.6 Å². The summed E-state index contributed by atoms with van der Waals surface area (Å²) in [6.45, 7) is 3.78. The molecule has 0 bridgehead atoms. The van der Waals surface area contributed by atoms with Crippen molar-refractivity contribution in [3.63, 3.8) is 0 Å². The van der Waals surface area contributed by atoms with Crippen LogP contribution >= 0.6 is 11.8 Å². The first-order valence-corrected chi connectivity index (χ1v) is 3.65. The zero-order valence-corrected chi connectivity index (χ0v) is 6.62. The fourth-order valence-electron chi connectivity index (χ4n) is 0.737. The topological polar surface area (TPSA) is 52.5 Å². The number of hydrogen-bond acceptors (Lipinski definition) is 3. The predicted octanol–water partition coefficient (Wildman–Crippen LogP) is 1.60. The molecule has 0 saturated carbocycles. The number of nitriles is 1. The van der Waals surface area contributed by atoms with Crippen molar-refractivity contribution in [1.29, 1.82) is 5.26 Å². The second kappa shape index (κ2) is 2.76. The highest BCUT2D eigenvalue weighted by Gasteiger charge is 2.04. The minimum Gasteiger partial charge on any atom is -0.281 e. The summed E-state index contributed by atoms with van der Waals surface area (Å²) < 4.78 is 0. The molecule has 1 aromatic rings. The van der Waals surface area contributed by atoms with Crippen molar-refractivity contribution in [2.45, 2.75) is 18.7 Å². The maximum atomic E-state index is 8.36. The van der Waals surface area contributed by atoms with Crippen LogP contribution in [0.25, 0.3) is 0 Å². The first kappa shape index (κ1) is 7.16. The van der Waals surface area contributed by atoms with Gasteiger partial charge in [-0.25, -0.2) is 0 Å². The van der Waals surface area contributed by atoms with Crippen LogP contribution in [0.15, 0.2) is 4.90 Å². The molecule has 0 aliphatic carbocycles. The summed E-state index contributed by atoms with van der Waals surface area (Å²) in [4.78, 5) is 0.947. The lowest BCUT2D eigenvalue weighted by atomic mass is 10.4. The van der Waals surface area contributed by atoms with Crippen LogP contribution in [0.5, 0.6) is 0 Å². The van der Waals surface area contributed by atoms with Crippen LogP contribution in [-0.4, -0.2) is 10.2 Å². The van der Waals surface area contributed by atoms with Gasteiger partial charge in [0.25, 0.3) is 0 Å². The number of aromatic nitrogens is 2. The Bertz CT molecular complexity index is 252. The third kappa shape index (κ3) is 1.14. The van der Waals surface area contributed by atoms with E-state index in [1.807, 2.05) is 19.2 Å². The second-order valence-corrected chi connectivity index (χ2v) is 2.75. The monoisotopic (exact) mass is 153 g/mol. The van der Waals surface area contributed by atoms with Crippen molar-refractivity contribution in [3.05, 3.63) is 11.4 Å². The molecular weight excluding hydrogens is 146 g/mol. The molecule has 0 aliphatic rings. The molecule has 0 spiro atoms. The molecule has 1 N–H and O–H groups in total. The van der Waals surface area contributed by atoms with Crippen molar-refractivity contribution in [2.75, 3.05) is 0 Å². The van der Waals surface area contributed by atoms with Gasteiger partial charge in [-0.15, -0.1) is 0 Å². The Morgan fingerprint density at radius 3 is 2.70 bits per heavy atom. The molecular formula is C6H7N3S. The zero-order chi connectivity index (χ0) is 7.56. The number of thiocyanates is 1. The number of aryl methyl sites for hydroxylation is 2. The second-order valence-electron chi connectivity index (χ2n) is 1.96. The summed E-state index contributed by atoms with van der Waals surface area (Å²) in [5.74, 6) is 0. The minimum atomic E-state index is 0.893. The van der Waals surface area contributed by atoms with Crippen molar-refractivity contribution in [3.8, 4) is 5.40 Å². The van der Waals surface area contributed by atoms with E-state index < -0.39 is 0 Å². The maximum Gasteiger partial charge on any atom is 0.138 e. The Kier molecular flexibility index (Phi) is 1.97. The van der Waals surface area contributed by atoms with Gasteiger partial charge in [-0.1, -0.05) is 0 Å². The van der Waals surface area contributed by atoms with Crippen LogP contribution in [0.3, 0.4) is 0 Å². The van der Waals surface area contributed by atoms with Gasteiger partial charge >= 0.3 is 0 Å². The number of hydrogen-bond donors (Lipinski definition) is 1. The molecule has 4 heteroatoms. The number of thioether (sulfide) groups is 1. The zero-order valence-electron chi connectivity index (χ0n) is 5.80. The first-order chi connectivity index (χ1) is 4.75. The van der Waals surface area contributed by atoms with Crippen LogP contribution in [0.4, 0.5) is 0 Å². The normalized spacial score (nSPS) is 9.30. The highest BCUT2D eigenvalue weighted by atomic mass is 32.2. The van der Waals surface area contributed by atoms with Crippen molar-refractivity contribution in [2.24, 2.45) is 0 Å². The fraction of sp³-hybridized carbons (Fsp3) is 0.333. The summed E-state index contributed by atoms with van der Waals surface area (Å²) in [5.41, 5.74) is 1.85. The Morgan fingerprint density at radius 2 is 2.30 bits per heavy atom. The number of aromatic amines is 1. The lowest BCUT2D eigenvalue weighted by molar-refractivity contribution is 1.02. The van der Waals surface area contributed by atoms with Crippen LogP contribution in [0.2, 0.25) is 0 Å². The van der Waals surface area contributed by atoms with E-state index in [0.717, 1.165) is 28.0 Å². The average Bonchev–Trinajstić information content (AvgIpc) is 2.20. The standard InChI is InChI=1S/C6H7N3S/c1-4-6(10-3-7)5(2)9-8-4/h1-2H3,(H,8,9). The summed E-state index contributed by atoms with van der Waals surface area (Å²) in [6.07, 6.45) is 0. The lowest BCUT2D eigenvalue weighted by Crippen LogP contribution is -1.72.